The molecule has 8 nitrogen and oxygen atoms in total. The van der Waals surface area contributed by atoms with Crippen LogP contribution < -0.4 is 10.6 Å². The SMILES string of the molecule is COCCN(Cc1ccccc1)C(=O)CSc1nnc(COc2ccc(C(C)(C)C)cc2)n1N. The number of thioether (sulfide) groups is 1. The fourth-order valence-electron chi connectivity index (χ4n) is 3.22. The van der Waals surface area contributed by atoms with Crippen molar-refractivity contribution >= 4 is 17.7 Å². The van der Waals surface area contributed by atoms with Gasteiger partial charge in [-0.2, -0.15) is 0 Å². The molecule has 0 aliphatic heterocycles. The van der Waals surface area contributed by atoms with E-state index in [9.17, 15) is 4.79 Å². The zero-order valence-corrected chi connectivity index (χ0v) is 21.0. The van der Waals surface area contributed by atoms with Crippen LogP contribution in [0.1, 0.15) is 37.7 Å². The van der Waals surface area contributed by atoms with Crippen LogP contribution in [0, 0.1) is 0 Å². The average molecular weight is 484 g/mol. The fraction of sp³-hybridized carbons (Fsp3) is 0.400. The molecule has 0 bridgehead atoms. The monoisotopic (exact) mass is 483 g/mol. The molecule has 0 saturated heterocycles. The third-order valence-electron chi connectivity index (χ3n) is 5.28. The van der Waals surface area contributed by atoms with Crippen molar-refractivity contribution in [2.75, 3.05) is 31.9 Å². The highest BCUT2D eigenvalue weighted by atomic mass is 32.2. The minimum absolute atomic E-state index is 0.0226. The lowest BCUT2D eigenvalue weighted by molar-refractivity contribution is -0.129. The quantitative estimate of drug-likeness (QED) is 0.329. The minimum Gasteiger partial charge on any atom is -0.486 e. The Morgan fingerprint density at radius 1 is 1.09 bits per heavy atom. The molecule has 34 heavy (non-hydrogen) atoms. The molecule has 182 valence electrons. The van der Waals surface area contributed by atoms with E-state index in [4.69, 9.17) is 15.3 Å². The Labute approximate surface area is 205 Å². The van der Waals surface area contributed by atoms with Gasteiger partial charge in [-0.05, 0) is 28.7 Å². The molecule has 2 aromatic carbocycles. The topological polar surface area (TPSA) is 95.5 Å². The van der Waals surface area contributed by atoms with Gasteiger partial charge < -0.3 is 20.2 Å². The standard InChI is InChI=1S/C25H33N5O3S/c1-25(2,3)20-10-12-21(13-11-20)33-17-22-27-28-24(30(22)26)34-18-23(31)29(14-15-32-4)16-19-8-6-5-7-9-19/h5-13H,14-18,26H2,1-4H3. The van der Waals surface area contributed by atoms with E-state index in [2.05, 4.69) is 43.1 Å². The van der Waals surface area contributed by atoms with Crippen molar-refractivity contribution in [2.24, 2.45) is 0 Å². The number of benzene rings is 2. The lowest BCUT2D eigenvalue weighted by Gasteiger charge is -2.22. The number of amides is 1. The number of nitrogen functional groups attached to an aromatic ring is 1. The van der Waals surface area contributed by atoms with Gasteiger partial charge in [-0.1, -0.05) is 75.0 Å². The predicted octanol–water partition coefficient (Wildman–Crippen LogP) is 3.64. The van der Waals surface area contributed by atoms with Crippen LogP contribution in [0.5, 0.6) is 5.75 Å². The lowest BCUT2D eigenvalue weighted by atomic mass is 9.87. The van der Waals surface area contributed by atoms with E-state index in [0.29, 0.717) is 30.7 Å². The van der Waals surface area contributed by atoms with Gasteiger partial charge in [-0.15, -0.1) is 10.2 Å². The van der Waals surface area contributed by atoms with Crippen molar-refractivity contribution in [3.05, 3.63) is 71.5 Å². The summed E-state index contributed by atoms with van der Waals surface area (Å²) in [6.45, 7) is 8.18. The Kier molecular flexibility index (Phi) is 8.95. The van der Waals surface area contributed by atoms with Crippen LogP contribution in [-0.4, -0.2) is 51.7 Å². The maximum absolute atomic E-state index is 12.9. The number of nitrogens with two attached hydrogens (primary N) is 1. The number of nitrogens with zero attached hydrogens (tertiary/aromatic N) is 4. The van der Waals surface area contributed by atoms with Crippen LogP contribution in [0.25, 0.3) is 0 Å². The van der Waals surface area contributed by atoms with Crippen molar-refractivity contribution < 1.29 is 14.3 Å². The van der Waals surface area contributed by atoms with Gasteiger partial charge >= 0.3 is 0 Å². The number of ether oxygens (including phenoxy) is 2. The molecule has 0 aliphatic rings. The number of carbonyl (C=O) groups is 1. The van der Waals surface area contributed by atoms with E-state index < -0.39 is 0 Å². The summed E-state index contributed by atoms with van der Waals surface area (Å²) < 4.78 is 12.4. The smallest absolute Gasteiger partial charge is 0.233 e. The molecular weight excluding hydrogens is 450 g/mol. The molecule has 0 unspecified atom stereocenters. The third kappa shape index (κ3) is 7.23. The van der Waals surface area contributed by atoms with E-state index in [0.717, 1.165) is 11.3 Å². The number of hydrogen-bond donors (Lipinski definition) is 1. The Bertz CT molecular complexity index is 1050. The van der Waals surface area contributed by atoms with Crippen molar-refractivity contribution in [3.8, 4) is 5.75 Å². The molecule has 1 amide bonds. The first kappa shape index (κ1) is 25.6. The first-order valence-corrected chi connectivity index (χ1v) is 12.1. The largest absolute Gasteiger partial charge is 0.486 e. The van der Waals surface area contributed by atoms with Crippen LogP contribution in [0.3, 0.4) is 0 Å². The first-order chi connectivity index (χ1) is 16.3. The number of rotatable bonds is 11. The predicted molar refractivity (Wildman–Crippen MR) is 134 cm³/mol. The summed E-state index contributed by atoms with van der Waals surface area (Å²) in [4.78, 5) is 14.7. The second-order valence-electron chi connectivity index (χ2n) is 8.91. The Balaban J connectivity index is 1.55. The van der Waals surface area contributed by atoms with E-state index in [-0.39, 0.29) is 23.7 Å². The molecule has 1 aromatic heterocycles. The number of aromatic nitrogens is 3. The van der Waals surface area contributed by atoms with Gasteiger partial charge in [0.2, 0.25) is 11.1 Å². The molecule has 0 fully saturated rings. The summed E-state index contributed by atoms with van der Waals surface area (Å²) in [6.07, 6.45) is 0. The summed E-state index contributed by atoms with van der Waals surface area (Å²) >= 11 is 1.25. The molecule has 2 N–H and O–H groups in total. The summed E-state index contributed by atoms with van der Waals surface area (Å²) in [5, 5.41) is 8.71. The normalized spacial score (nSPS) is 11.4. The third-order valence-corrected chi connectivity index (χ3v) is 6.21. The molecule has 0 spiro atoms. The maximum atomic E-state index is 12.9. The average Bonchev–Trinajstić information content (AvgIpc) is 3.18. The van der Waals surface area contributed by atoms with Gasteiger partial charge in [-0.3, -0.25) is 4.79 Å². The van der Waals surface area contributed by atoms with E-state index in [1.807, 2.05) is 42.5 Å². The van der Waals surface area contributed by atoms with Gasteiger partial charge in [0, 0.05) is 20.2 Å². The van der Waals surface area contributed by atoms with Crippen molar-refractivity contribution in [1.82, 2.24) is 19.8 Å². The lowest BCUT2D eigenvalue weighted by Crippen LogP contribution is -2.34. The maximum Gasteiger partial charge on any atom is 0.233 e. The summed E-state index contributed by atoms with van der Waals surface area (Å²) in [7, 11) is 1.62. The molecule has 0 saturated carbocycles. The number of hydrogen-bond acceptors (Lipinski definition) is 7. The van der Waals surface area contributed by atoms with Crippen LogP contribution in [-0.2, 0) is 28.1 Å². The van der Waals surface area contributed by atoms with Gasteiger partial charge in [0.15, 0.2) is 5.82 Å². The van der Waals surface area contributed by atoms with Crippen LogP contribution in [0.2, 0.25) is 0 Å². The van der Waals surface area contributed by atoms with E-state index in [1.54, 1.807) is 12.0 Å². The van der Waals surface area contributed by atoms with Gasteiger partial charge in [0.1, 0.15) is 12.4 Å². The van der Waals surface area contributed by atoms with Gasteiger partial charge in [0.25, 0.3) is 0 Å². The molecule has 1 heterocycles. The van der Waals surface area contributed by atoms with Crippen molar-refractivity contribution in [1.29, 1.82) is 0 Å². The molecule has 0 atom stereocenters. The van der Waals surface area contributed by atoms with Gasteiger partial charge in [-0.25, -0.2) is 4.68 Å². The highest BCUT2D eigenvalue weighted by molar-refractivity contribution is 7.99. The second kappa shape index (κ2) is 11.9. The minimum atomic E-state index is -0.0226. The van der Waals surface area contributed by atoms with E-state index >= 15 is 0 Å². The molecule has 0 radical (unpaired) electrons. The van der Waals surface area contributed by atoms with Crippen molar-refractivity contribution in [2.45, 2.75) is 44.5 Å². The highest BCUT2D eigenvalue weighted by Crippen LogP contribution is 2.24. The second-order valence-corrected chi connectivity index (χ2v) is 9.86. The Morgan fingerprint density at radius 3 is 2.44 bits per heavy atom. The van der Waals surface area contributed by atoms with Gasteiger partial charge in [0.05, 0.1) is 12.4 Å². The molecule has 3 aromatic rings. The number of carbonyl (C=O) groups excluding carboxylic acids is 1. The zero-order valence-electron chi connectivity index (χ0n) is 20.2. The van der Waals surface area contributed by atoms with Crippen LogP contribution >= 0.6 is 11.8 Å². The summed E-state index contributed by atoms with van der Waals surface area (Å²) in [5.74, 6) is 7.55. The molecule has 9 heteroatoms. The molecule has 0 aliphatic carbocycles. The van der Waals surface area contributed by atoms with Crippen molar-refractivity contribution in [3.63, 3.8) is 0 Å². The summed E-state index contributed by atoms with van der Waals surface area (Å²) in [6, 6.07) is 17.9. The van der Waals surface area contributed by atoms with Crippen LogP contribution in [0.4, 0.5) is 0 Å². The van der Waals surface area contributed by atoms with E-state index in [1.165, 1.54) is 22.0 Å². The fourth-order valence-corrected chi connectivity index (χ4v) is 4.00. The molecule has 3 rings (SSSR count). The summed E-state index contributed by atoms with van der Waals surface area (Å²) in [5.41, 5.74) is 2.38. The number of methoxy groups -OCH3 is 1. The Morgan fingerprint density at radius 2 is 1.79 bits per heavy atom. The Hall–Kier alpha value is -3.04. The highest BCUT2D eigenvalue weighted by Gasteiger charge is 2.18. The first-order valence-electron chi connectivity index (χ1n) is 11.1. The zero-order chi connectivity index (χ0) is 24.6. The molecular formula is C25H33N5O3S. The van der Waals surface area contributed by atoms with Crippen LogP contribution in [0.15, 0.2) is 59.8 Å².